The third-order valence-corrected chi connectivity index (χ3v) is 2.73. The second-order valence-electron chi connectivity index (χ2n) is 4.20. The fourth-order valence-electron chi connectivity index (χ4n) is 1.66. The highest BCUT2D eigenvalue weighted by atomic mass is 16.5. The highest BCUT2D eigenvalue weighted by molar-refractivity contribution is 5.33. The summed E-state index contributed by atoms with van der Waals surface area (Å²) in [5.41, 5.74) is 1.88. The molecule has 0 bridgehead atoms. The molecular formula is C15H17NO2. The zero-order valence-corrected chi connectivity index (χ0v) is 10.6. The lowest BCUT2D eigenvalue weighted by atomic mass is 10.2. The van der Waals surface area contributed by atoms with Crippen molar-refractivity contribution in [2.24, 2.45) is 0 Å². The summed E-state index contributed by atoms with van der Waals surface area (Å²) in [7, 11) is 0. The van der Waals surface area contributed by atoms with E-state index in [-0.39, 0.29) is 0 Å². The fraction of sp³-hybridized carbons (Fsp3) is 0.267. The first-order chi connectivity index (χ1) is 8.69. The number of aromatic nitrogens is 1. The van der Waals surface area contributed by atoms with Gasteiger partial charge in [-0.15, -0.1) is 0 Å². The number of aryl methyl sites for hydroxylation is 1. The standard InChI is InChI=1S/C15H17NO2/c1-3-12-5-4-6-13(9-12)18-14-7-8-15(11(2)17)16-10-14/h4-11,17H,3H2,1-2H3/t11-/m0/s1. The number of hydrogen-bond acceptors (Lipinski definition) is 3. The molecule has 2 rings (SSSR count). The summed E-state index contributed by atoms with van der Waals surface area (Å²) in [6.45, 7) is 3.80. The van der Waals surface area contributed by atoms with Crippen molar-refractivity contribution in [1.82, 2.24) is 4.98 Å². The van der Waals surface area contributed by atoms with E-state index < -0.39 is 6.10 Å². The van der Waals surface area contributed by atoms with Crippen LogP contribution in [0.4, 0.5) is 0 Å². The SMILES string of the molecule is CCc1cccc(Oc2ccc([C@H](C)O)nc2)c1. The molecule has 0 fully saturated rings. The van der Waals surface area contributed by atoms with Crippen LogP contribution in [0.2, 0.25) is 0 Å². The molecule has 0 aliphatic rings. The predicted octanol–water partition coefficient (Wildman–Crippen LogP) is 3.49. The second kappa shape index (κ2) is 5.65. The minimum absolute atomic E-state index is 0.553. The molecule has 2 aromatic rings. The van der Waals surface area contributed by atoms with Crippen LogP contribution < -0.4 is 4.74 Å². The van der Waals surface area contributed by atoms with Gasteiger partial charge in [0.2, 0.25) is 0 Å². The van der Waals surface area contributed by atoms with Gasteiger partial charge in [-0.2, -0.15) is 0 Å². The number of ether oxygens (including phenoxy) is 1. The third-order valence-electron chi connectivity index (χ3n) is 2.73. The van der Waals surface area contributed by atoms with E-state index >= 15 is 0 Å². The van der Waals surface area contributed by atoms with Crippen molar-refractivity contribution >= 4 is 0 Å². The third kappa shape index (κ3) is 3.08. The molecule has 3 heteroatoms. The molecule has 0 saturated carbocycles. The smallest absolute Gasteiger partial charge is 0.145 e. The van der Waals surface area contributed by atoms with E-state index in [2.05, 4.69) is 18.0 Å². The van der Waals surface area contributed by atoms with Gasteiger partial charge in [0.25, 0.3) is 0 Å². The minimum Gasteiger partial charge on any atom is -0.456 e. The fourth-order valence-corrected chi connectivity index (χ4v) is 1.66. The van der Waals surface area contributed by atoms with Crippen LogP contribution in [0.25, 0.3) is 0 Å². The van der Waals surface area contributed by atoms with Gasteiger partial charge < -0.3 is 9.84 Å². The van der Waals surface area contributed by atoms with Gasteiger partial charge in [0.05, 0.1) is 18.0 Å². The molecule has 1 aromatic heterocycles. The highest BCUT2D eigenvalue weighted by Gasteiger charge is 2.03. The Morgan fingerprint density at radius 3 is 2.67 bits per heavy atom. The van der Waals surface area contributed by atoms with Gasteiger partial charge in [-0.25, -0.2) is 0 Å². The Morgan fingerprint density at radius 1 is 1.22 bits per heavy atom. The average molecular weight is 243 g/mol. The van der Waals surface area contributed by atoms with E-state index in [9.17, 15) is 5.11 Å². The van der Waals surface area contributed by atoms with Gasteiger partial charge >= 0.3 is 0 Å². The first-order valence-electron chi connectivity index (χ1n) is 6.10. The molecule has 0 aliphatic heterocycles. The minimum atomic E-state index is -0.553. The summed E-state index contributed by atoms with van der Waals surface area (Å²) in [5.74, 6) is 1.48. The van der Waals surface area contributed by atoms with Crippen LogP contribution in [-0.2, 0) is 6.42 Å². The number of aliphatic hydroxyl groups is 1. The summed E-state index contributed by atoms with van der Waals surface area (Å²) in [6, 6.07) is 11.6. The van der Waals surface area contributed by atoms with Crippen molar-refractivity contribution < 1.29 is 9.84 Å². The number of nitrogens with zero attached hydrogens (tertiary/aromatic N) is 1. The molecule has 18 heavy (non-hydrogen) atoms. The summed E-state index contributed by atoms with van der Waals surface area (Å²) in [6.07, 6.45) is 2.05. The van der Waals surface area contributed by atoms with Crippen molar-refractivity contribution in [3.63, 3.8) is 0 Å². The molecule has 0 spiro atoms. The van der Waals surface area contributed by atoms with Crippen LogP contribution in [0.3, 0.4) is 0 Å². The van der Waals surface area contributed by atoms with E-state index in [0.29, 0.717) is 11.4 Å². The monoisotopic (exact) mass is 243 g/mol. The second-order valence-corrected chi connectivity index (χ2v) is 4.20. The topological polar surface area (TPSA) is 42.4 Å². The number of hydrogen-bond donors (Lipinski definition) is 1. The van der Waals surface area contributed by atoms with Gasteiger partial charge in [0.1, 0.15) is 11.5 Å². The molecule has 0 aliphatic carbocycles. The van der Waals surface area contributed by atoms with Gasteiger partial charge in [-0.3, -0.25) is 4.98 Å². The Bertz CT molecular complexity index is 506. The molecule has 0 radical (unpaired) electrons. The molecule has 1 atom stereocenters. The number of pyridine rings is 1. The molecule has 1 aromatic carbocycles. The lowest BCUT2D eigenvalue weighted by Gasteiger charge is -2.08. The van der Waals surface area contributed by atoms with Crippen LogP contribution in [0, 0.1) is 0 Å². The van der Waals surface area contributed by atoms with Crippen LogP contribution in [0.5, 0.6) is 11.5 Å². The van der Waals surface area contributed by atoms with E-state index in [0.717, 1.165) is 12.2 Å². The molecular weight excluding hydrogens is 226 g/mol. The van der Waals surface area contributed by atoms with Crippen LogP contribution >= 0.6 is 0 Å². The van der Waals surface area contributed by atoms with Crippen LogP contribution in [0.1, 0.15) is 31.2 Å². The quantitative estimate of drug-likeness (QED) is 0.893. The first-order valence-corrected chi connectivity index (χ1v) is 6.10. The summed E-state index contributed by atoms with van der Waals surface area (Å²) in [4.78, 5) is 4.14. The van der Waals surface area contributed by atoms with Crippen LogP contribution in [0.15, 0.2) is 42.6 Å². The Labute approximate surface area is 107 Å². The highest BCUT2D eigenvalue weighted by Crippen LogP contribution is 2.22. The maximum Gasteiger partial charge on any atom is 0.145 e. The van der Waals surface area contributed by atoms with Gasteiger partial charge in [-0.05, 0) is 43.2 Å². The van der Waals surface area contributed by atoms with Gasteiger partial charge in [-0.1, -0.05) is 19.1 Å². The summed E-state index contributed by atoms with van der Waals surface area (Å²) in [5, 5.41) is 9.37. The van der Waals surface area contributed by atoms with E-state index in [1.165, 1.54) is 5.56 Å². The molecule has 1 N–H and O–H groups in total. The molecule has 1 heterocycles. The number of aliphatic hydroxyl groups excluding tert-OH is 1. The van der Waals surface area contributed by atoms with E-state index in [1.807, 2.05) is 24.3 Å². The molecule has 0 saturated heterocycles. The maximum absolute atomic E-state index is 9.37. The van der Waals surface area contributed by atoms with E-state index in [4.69, 9.17) is 4.74 Å². The molecule has 0 amide bonds. The normalized spacial score (nSPS) is 12.2. The molecule has 3 nitrogen and oxygen atoms in total. The van der Waals surface area contributed by atoms with Crippen LogP contribution in [-0.4, -0.2) is 10.1 Å². The van der Waals surface area contributed by atoms with Crippen molar-refractivity contribution in [1.29, 1.82) is 0 Å². The lowest BCUT2D eigenvalue weighted by molar-refractivity contribution is 0.194. The lowest BCUT2D eigenvalue weighted by Crippen LogP contribution is -1.95. The Morgan fingerprint density at radius 2 is 2.06 bits per heavy atom. The maximum atomic E-state index is 9.37. The largest absolute Gasteiger partial charge is 0.456 e. The Kier molecular flexibility index (Phi) is 3.95. The first kappa shape index (κ1) is 12.6. The zero-order valence-electron chi connectivity index (χ0n) is 10.6. The van der Waals surface area contributed by atoms with Gasteiger partial charge in [0.15, 0.2) is 0 Å². The Balaban J connectivity index is 2.13. The zero-order chi connectivity index (χ0) is 13.0. The van der Waals surface area contributed by atoms with Crippen molar-refractivity contribution in [2.45, 2.75) is 26.4 Å². The average Bonchev–Trinajstić information content (AvgIpc) is 2.39. The van der Waals surface area contributed by atoms with Crippen molar-refractivity contribution in [3.8, 4) is 11.5 Å². The van der Waals surface area contributed by atoms with Crippen molar-refractivity contribution in [2.75, 3.05) is 0 Å². The van der Waals surface area contributed by atoms with Crippen molar-refractivity contribution in [3.05, 3.63) is 53.9 Å². The predicted molar refractivity (Wildman–Crippen MR) is 70.8 cm³/mol. The Hall–Kier alpha value is -1.87. The van der Waals surface area contributed by atoms with Gasteiger partial charge in [0, 0.05) is 0 Å². The number of benzene rings is 1. The summed E-state index contributed by atoms with van der Waals surface area (Å²) < 4.78 is 5.71. The molecule has 94 valence electrons. The van der Waals surface area contributed by atoms with E-state index in [1.54, 1.807) is 19.2 Å². The summed E-state index contributed by atoms with van der Waals surface area (Å²) >= 11 is 0. The number of rotatable bonds is 4. The molecule has 0 unspecified atom stereocenters.